The quantitative estimate of drug-likeness (QED) is 0.0815. The molecule has 13 nitrogen and oxygen atoms in total. The van der Waals surface area contributed by atoms with Gasteiger partial charge >= 0.3 is 11.9 Å². The van der Waals surface area contributed by atoms with Gasteiger partial charge in [0.1, 0.15) is 12.4 Å². The molecule has 5 heterocycles. The average molecular weight is 769 g/mol. The molecule has 1 saturated heterocycles. The highest BCUT2D eigenvalue weighted by Gasteiger charge is 2.41. The molecule has 56 heavy (non-hydrogen) atoms. The van der Waals surface area contributed by atoms with E-state index in [4.69, 9.17) is 38.7 Å². The number of nitrogens with zero attached hydrogens (tertiary/aromatic N) is 3. The van der Waals surface area contributed by atoms with Gasteiger partial charge in [-0.2, -0.15) is 0 Å². The summed E-state index contributed by atoms with van der Waals surface area (Å²) in [5.41, 5.74) is 12.3. The summed E-state index contributed by atoms with van der Waals surface area (Å²) in [5, 5.41) is 24.6. The van der Waals surface area contributed by atoms with Gasteiger partial charge in [0.15, 0.2) is 0 Å². The lowest BCUT2D eigenvalue weighted by Gasteiger charge is -2.17. The molecule has 13 heteroatoms. The van der Waals surface area contributed by atoms with Crippen molar-refractivity contribution in [3.63, 3.8) is 0 Å². The van der Waals surface area contributed by atoms with E-state index in [1.165, 1.54) is 0 Å². The topological polar surface area (TPSA) is 170 Å². The molecule has 0 unspecified atom stereocenters. The molecule has 3 N–H and O–H groups in total. The number of carbonyl (C=O) groups excluding carboxylic acids is 1. The molecule has 5 aliphatic heterocycles. The van der Waals surface area contributed by atoms with Crippen molar-refractivity contribution >= 4 is 29.1 Å². The zero-order valence-electron chi connectivity index (χ0n) is 33.1. The van der Waals surface area contributed by atoms with Crippen molar-refractivity contribution in [2.45, 2.75) is 60.3 Å². The molecule has 0 radical (unpaired) electrons. The second-order valence-electron chi connectivity index (χ2n) is 14.3. The maximum atomic E-state index is 13.0. The zero-order valence-corrected chi connectivity index (χ0v) is 33.1. The number of allylic oxidation sites excluding steroid dienone is 12. The van der Waals surface area contributed by atoms with E-state index in [9.17, 15) is 19.8 Å². The van der Waals surface area contributed by atoms with E-state index in [0.29, 0.717) is 69.5 Å². The van der Waals surface area contributed by atoms with Crippen LogP contribution in [0.5, 0.6) is 0 Å². The van der Waals surface area contributed by atoms with Crippen LogP contribution in [0.3, 0.4) is 0 Å². The van der Waals surface area contributed by atoms with Gasteiger partial charge in [0.25, 0.3) is 0 Å². The minimum Gasteiger partial charge on any atom is -0.511 e. The van der Waals surface area contributed by atoms with Crippen molar-refractivity contribution in [1.29, 1.82) is 0 Å². The molecule has 0 aromatic heterocycles. The Morgan fingerprint density at radius 3 is 2.21 bits per heavy atom. The lowest BCUT2D eigenvalue weighted by Crippen LogP contribution is -2.17. The summed E-state index contributed by atoms with van der Waals surface area (Å²) in [4.78, 5) is 39.8. The number of aliphatic carboxylic acids is 1. The number of fused-ring (bicyclic) bond motifs is 5. The number of aliphatic hydroxyl groups is 1. The van der Waals surface area contributed by atoms with Gasteiger partial charge in [-0.3, -0.25) is 4.79 Å². The van der Waals surface area contributed by atoms with E-state index in [0.717, 1.165) is 80.1 Å². The summed E-state index contributed by atoms with van der Waals surface area (Å²) < 4.78 is 26.9. The van der Waals surface area contributed by atoms with E-state index in [2.05, 4.69) is 19.2 Å². The maximum absolute atomic E-state index is 13.0. The van der Waals surface area contributed by atoms with Crippen LogP contribution >= 0.6 is 0 Å². The van der Waals surface area contributed by atoms with Crippen molar-refractivity contribution in [2.75, 3.05) is 60.0 Å². The highest BCUT2D eigenvalue weighted by atomic mass is 16.6. The molecule has 0 spiro atoms. The summed E-state index contributed by atoms with van der Waals surface area (Å²) in [5.74, 6) is -1.28. The summed E-state index contributed by atoms with van der Waals surface area (Å²) in [6.07, 6.45) is 10.4. The largest absolute Gasteiger partial charge is 0.511 e. The highest BCUT2D eigenvalue weighted by Crippen LogP contribution is 2.46. The van der Waals surface area contributed by atoms with Gasteiger partial charge < -0.3 is 39.2 Å². The van der Waals surface area contributed by atoms with Crippen LogP contribution in [0.2, 0.25) is 0 Å². The van der Waals surface area contributed by atoms with Crippen LogP contribution in [0.25, 0.3) is 0 Å². The predicted octanol–water partition coefficient (Wildman–Crippen LogP) is 6.32. The molecule has 1 fully saturated rings. The molecule has 2 atom stereocenters. The fraction of sp³-hybridized carbons (Fsp3) is 0.465. The second kappa shape index (κ2) is 18.3. The SMILES string of the molecule is CCC1=C(C)C2=NC1=CC1=C(C)C3=C(O)CC(=C4NC(=CC5=NC(=C2)C(/C=C/C(=O)O)=C5C)[C@@H](C)[C@@H]4CCC(=O)OCCOCCOCCOCCOC)C3=N1. The fourth-order valence-corrected chi connectivity index (χ4v) is 7.73. The van der Waals surface area contributed by atoms with Gasteiger partial charge in [0.05, 0.1) is 80.5 Å². The van der Waals surface area contributed by atoms with Crippen LogP contribution in [0, 0.1) is 11.8 Å². The van der Waals surface area contributed by atoms with E-state index < -0.39 is 5.97 Å². The van der Waals surface area contributed by atoms with Gasteiger partial charge in [0, 0.05) is 66.0 Å². The molecule has 0 aromatic carbocycles. The number of esters is 1. The molecule has 6 aliphatic rings. The van der Waals surface area contributed by atoms with E-state index in [-0.39, 0.29) is 43.2 Å². The lowest BCUT2D eigenvalue weighted by molar-refractivity contribution is -0.145. The maximum Gasteiger partial charge on any atom is 0.328 e. The Bertz CT molecular complexity index is 2030. The number of rotatable bonds is 18. The lowest BCUT2D eigenvalue weighted by atomic mass is 9.86. The Hall–Kier alpha value is -4.95. The van der Waals surface area contributed by atoms with Crippen LogP contribution in [0.15, 0.2) is 119 Å². The van der Waals surface area contributed by atoms with Crippen molar-refractivity contribution < 1.29 is 43.5 Å². The molecule has 298 valence electrons. The Kier molecular flexibility index (Phi) is 13.3. The first kappa shape index (κ1) is 40.7. The Labute approximate surface area is 328 Å². The second-order valence-corrected chi connectivity index (χ2v) is 14.3. The van der Waals surface area contributed by atoms with Crippen molar-refractivity contribution in [1.82, 2.24) is 5.32 Å². The van der Waals surface area contributed by atoms with E-state index in [1.807, 2.05) is 39.0 Å². The minimum atomic E-state index is -1.05. The average Bonchev–Trinajstić information content (AvgIpc) is 3.92. The Balaban J connectivity index is 1.24. The molecule has 0 amide bonds. The smallest absolute Gasteiger partial charge is 0.328 e. The van der Waals surface area contributed by atoms with Crippen LogP contribution < -0.4 is 5.32 Å². The van der Waals surface area contributed by atoms with Crippen LogP contribution in [0.1, 0.15) is 60.3 Å². The third kappa shape index (κ3) is 8.86. The number of aliphatic hydroxyl groups excluding tert-OH is 1. The van der Waals surface area contributed by atoms with Gasteiger partial charge in [-0.05, 0) is 80.2 Å². The van der Waals surface area contributed by atoms with Crippen molar-refractivity contribution in [3.05, 3.63) is 104 Å². The first-order valence-corrected chi connectivity index (χ1v) is 19.3. The number of carboxylic acids is 1. The number of hydrogen-bond acceptors (Lipinski definition) is 12. The zero-order chi connectivity index (χ0) is 39.9. The third-order valence-electron chi connectivity index (χ3n) is 10.8. The summed E-state index contributed by atoms with van der Waals surface area (Å²) >= 11 is 0. The molecule has 8 bridgehead atoms. The van der Waals surface area contributed by atoms with Gasteiger partial charge in [0.2, 0.25) is 0 Å². The van der Waals surface area contributed by atoms with Gasteiger partial charge in [-0.25, -0.2) is 19.8 Å². The van der Waals surface area contributed by atoms with Crippen molar-refractivity contribution in [3.8, 4) is 0 Å². The summed E-state index contributed by atoms with van der Waals surface area (Å²) in [7, 11) is 1.63. The number of nitrogens with one attached hydrogen (secondary N) is 1. The van der Waals surface area contributed by atoms with Gasteiger partial charge in [-0.1, -0.05) is 13.8 Å². The molecule has 6 rings (SSSR count). The number of carbonyl (C=O) groups is 2. The van der Waals surface area contributed by atoms with Crippen molar-refractivity contribution in [2.24, 2.45) is 26.8 Å². The molecular weight excluding hydrogens is 716 g/mol. The number of carboxylic acid groups (broad SMARTS) is 1. The Morgan fingerprint density at radius 1 is 0.875 bits per heavy atom. The normalized spacial score (nSPS) is 21.6. The standard InChI is InChI=1S/C43H52N4O9/c1-7-28-24(2)33-22-37-29(8-10-39(49)50)25(3)32(45-37)21-34-26(4)30(9-11-40(51)56-19-18-55-17-16-54-15-14-53-13-12-52-6)42(46-34)31-20-38(48)41-27(5)35(47-43(31)41)23-36(28)44-33/h8,10,21-23,26,30,46,48H,7,9,11-20H2,1-6H3,(H,49,50)/b10-8+,34-21?,36-23?,37-22?,42-31?/t26-,30-/m0/s1. The first-order chi connectivity index (χ1) is 27.0. The summed E-state index contributed by atoms with van der Waals surface area (Å²) in [6, 6.07) is 0. The number of hydrogen-bond donors (Lipinski definition) is 3. The minimum absolute atomic E-state index is 0.0576. The number of methoxy groups -OCH3 is 1. The monoisotopic (exact) mass is 768 g/mol. The third-order valence-corrected chi connectivity index (χ3v) is 10.8. The molecular formula is C43H52N4O9. The van der Waals surface area contributed by atoms with E-state index in [1.54, 1.807) is 13.2 Å². The summed E-state index contributed by atoms with van der Waals surface area (Å²) in [6.45, 7) is 13.4. The highest BCUT2D eigenvalue weighted by molar-refractivity contribution is 6.21. The first-order valence-electron chi connectivity index (χ1n) is 19.3. The Morgan fingerprint density at radius 2 is 1.54 bits per heavy atom. The fourth-order valence-electron chi connectivity index (χ4n) is 7.73. The molecule has 0 aromatic rings. The predicted molar refractivity (Wildman–Crippen MR) is 213 cm³/mol. The van der Waals surface area contributed by atoms with Crippen LogP contribution in [0.4, 0.5) is 0 Å². The molecule has 0 saturated carbocycles. The van der Waals surface area contributed by atoms with Crippen LogP contribution in [-0.4, -0.2) is 99.3 Å². The number of ether oxygens (including phenoxy) is 5. The van der Waals surface area contributed by atoms with Crippen LogP contribution in [-0.2, 0) is 33.3 Å². The number of aliphatic imine (C=N–C) groups is 3. The molecule has 1 aliphatic carbocycles. The van der Waals surface area contributed by atoms with E-state index >= 15 is 0 Å². The van der Waals surface area contributed by atoms with Gasteiger partial charge in [-0.15, -0.1) is 0 Å².